The number of benzene rings is 1. The highest BCUT2D eigenvalue weighted by molar-refractivity contribution is 6.31. The van der Waals surface area contributed by atoms with Gasteiger partial charge in [-0.05, 0) is 24.6 Å². The molecule has 0 bridgehead atoms. The smallest absolute Gasteiger partial charge is 0.322 e. The van der Waals surface area contributed by atoms with Crippen molar-refractivity contribution >= 4 is 29.2 Å². The van der Waals surface area contributed by atoms with Crippen LogP contribution in [0.1, 0.15) is 5.56 Å². The fourth-order valence-electron chi connectivity index (χ4n) is 1.95. The van der Waals surface area contributed by atoms with Crippen LogP contribution in [0.2, 0.25) is 5.02 Å². The summed E-state index contributed by atoms with van der Waals surface area (Å²) in [6.07, 6.45) is -0.601. The average molecular weight is 313 g/mol. The van der Waals surface area contributed by atoms with Crippen molar-refractivity contribution in [3.8, 4) is 0 Å². The number of nitrogens with one attached hydrogen (secondary N) is 1. The number of nitrogens with two attached hydrogens (primary N) is 1. The quantitative estimate of drug-likeness (QED) is 0.334. The van der Waals surface area contributed by atoms with Crippen molar-refractivity contribution in [3.63, 3.8) is 0 Å². The van der Waals surface area contributed by atoms with Gasteiger partial charge in [-0.25, -0.2) is 4.79 Å². The molecule has 0 spiro atoms. The number of carbonyl (C=O) groups excluding carboxylic acids is 1. The molecule has 1 aliphatic heterocycles. The molecule has 1 atom stereocenters. The van der Waals surface area contributed by atoms with Crippen molar-refractivity contribution in [3.05, 3.63) is 28.8 Å². The first-order valence-electron chi connectivity index (χ1n) is 6.42. The fourth-order valence-corrected chi connectivity index (χ4v) is 2.13. The van der Waals surface area contributed by atoms with E-state index in [1.807, 2.05) is 13.0 Å². The van der Waals surface area contributed by atoms with Crippen LogP contribution in [0.25, 0.3) is 0 Å². The van der Waals surface area contributed by atoms with Crippen LogP contribution in [0.5, 0.6) is 0 Å². The minimum absolute atomic E-state index is 0.0501. The highest BCUT2D eigenvalue weighted by Gasteiger charge is 2.27. The molecule has 1 aromatic rings. The van der Waals surface area contributed by atoms with E-state index in [9.17, 15) is 4.79 Å². The first-order chi connectivity index (χ1) is 10.0. The maximum atomic E-state index is 12.2. The zero-order valence-corrected chi connectivity index (χ0v) is 12.3. The maximum Gasteiger partial charge on any atom is 0.322 e. The fraction of sp³-hybridized carbons (Fsp3) is 0.385. The number of morpholine rings is 1. The molecule has 1 unspecified atom stereocenters. The zero-order valence-electron chi connectivity index (χ0n) is 11.5. The van der Waals surface area contributed by atoms with E-state index in [1.54, 1.807) is 17.0 Å². The molecule has 2 rings (SSSR count). The van der Waals surface area contributed by atoms with Gasteiger partial charge in [-0.3, -0.25) is 0 Å². The van der Waals surface area contributed by atoms with Crippen molar-refractivity contribution in [1.82, 2.24) is 4.90 Å². The summed E-state index contributed by atoms with van der Waals surface area (Å²) in [6.45, 7) is 2.86. The number of ether oxygens (including phenoxy) is 1. The Kier molecular flexibility index (Phi) is 4.87. The summed E-state index contributed by atoms with van der Waals surface area (Å²) in [4.78, 5) is 13.7. The van der Waals surface area contributed by atoms with Gasteiger partial charge in [0.15, 0.2) is 5.84 Å². The predicted molar refractivity (Wildman–Crippen MR) is 79.9 cm³/mol. The molecule has 4 N–H and O–H groups in total. The summed E-state index contributed by atoms with van der Waals surface area (Å²) < 4.78 is 5.34. The standard InChI is InChI=1S/C13H17ClN4O3/c1-8-2-3-9(6-10(8)14)16-13(19)18-4-5-21-11(7-18)12(15)17-20/h2-3,6,11,20H,4-5,7H2,1H3,(H2,15,17)(H,16,19). The Hall–Kier alpha value is -1.99. The number of urea groups is 1. The van der Waals surface area contributed by atoms with Gasteiger partial charge >= 0.3 is 6.03 Å². The van der Waals surface area contributed by atoms with Gasteiger partial charge in [0.05, 0.1) is 13.2 Å². The second-order valence-corrected chi connectivity index (χ2v) is 5.13. The van der Waals surface area contributed by atoms with Crippen molar-refractivity contribution < 1.29 is 14.7 Å². The van der Waals surface area contributed by atoms with Crippen LogP contribution < -0.4 is 11.1 Å². The molecule has 114 valence electrons. The van der Waals surface area contributed by atoms with E-state index in [4.69, 9.17) is 27.3 Å². The third kappa shape index (κ3) is 3.77. The molecular weight excluding hydrogens is 296 g/mol. The lowest BCUT2D eigenvalue weighted by atomic mass is 10.2. The van der Waals surface area contributed by atoms with Crippen LogP contribution in [0, 0.1) is 6.92 Å². The zero-order chi connectivity index (χ0) is 15.4. The van der Waals surface area contributed by atoms with Crippen LogP contribution in [0.15, 0.2) is 23.4 Å². The van der Waals surface area contributed by atoms with E-state index in [-0.39, 0.29) is 18.4 Å². The van der Waals surface area contributed by atoms with Crippen molar-refractivity contribution in [2.45, 2.75) is 13.0 Å². The summed E-state index contributed by atoms with van der Waals surface area (Å²) in [5, 5.41) is 14.9. The van der Waals surface area contributed by atoms with E-state index >= 15 is 0 Å². The first-order valence-corrected chi connectivity index (χ1v) is 6.80. The maximum absolute atomic E-state index is 12.2. The number of halogens is 1. The monoisotopic (exact) mass is 312 g/mol. The van der Waals surface area contributed by atoms with Gasteiger partial charge < -0.3 is 25.9 Å². The molecule has 1 heterocycles. The minimum Gasteiger partial charge on any atom is -0.409 e. The average Bonchev–Trinajstić information content (AvgIpc) is 2.50. The Morgan fingerprint density at radius 1 is 1.62 bits per heavy atom. The number of rotatable bonds is 2. The summed E-state index contributed by atoms with van der Waals surface area (Å²) in [5.41, 5.74) is 7.05. The Labute approximate surface area is 127 Å². The molecule has 0 aromatic heterocycles. The van der Waals surface area contributed by atoms with Gasteiger partial charge in [0, 0.05) is 17.3 Å². The number of aryl methyl sites for hydroxylation is 1. The van der Waals surface area contributed by atoms with Crippen molar-refractivity contribution in [2.24, 2.45) is 10.9 Å². The normalized spacial score (nSPS) is 19.4. The molecule has 0 radical (unpaired) electrons. The van der Waals surface area contributed by atoms with E-state index in [1.165, 1.54) is 0 Å². The summed E-state index contributed by atoms with van der Waals surface area (Å²) in [7, 11) is 0. The lowest BCUT2D eigenvalue weighted by Crippen LogP contribution is -2.51. The number of nitrogens with zero attached hydrogens (tertiary/aromatic N) is 2. The largest absolute Gasteiger partial charge is 0.409 e. The van der Waals surface area contributed by atoms with Crippen LogP contribution in [-0.4, -0.2) is 47.8 Å². The highest BCUT2D eigenvalue weighted by Crippen LogP contribution is 2.20. The molecule has 21 heavy (non-hydrogen) atoms. The van der Waals surface area contributed by atoms with Gasteiger partial charge in [0.1, 0.15) is 6.10 Å². The molecule has 7 nitrogen and oxygen atoms in total. The molecular formula is C13H17ClN4O3. The van der Waals surface area contributed by atoms with E-state index in [0.29, 0.717) is 23.9 Å². The topological polar surface area (TPSA) is 100 Å². The number of amidine groups is 1. The Balaban J connectivity index is 2.01. The molecule has 1 aliphatic rings. The molecule has 0 saturated carbocycles. The third-order valence-electron chi connectivity index (χ3n) is 3.22. The van der Waals surface area contributed by atoms with Gasteiger partial charge in [-0.1, -0.05) is 22.8 Å². The van der Waals surface area contributed by atoms with Gasteiger partial charge in [0.25, 0.3) is 0 Å². The summed E-state index contributed by atoms with van der Waals surface area (Å²) in [5.74, 6) is -0.0501. The molecule has 1 fully saturated rings. The van der Waals surface area contributed by atoms with Gasteiger partial charge in [0.2, 0.25) is 0 Å². The second-order valence-electron chi connectivity index (χ2n) is 4.72. The van der Waals surface area contributed by atoms with Crippen molar-refractivity contribution in [2.75, 3.05) is 25.0 Å². The number of hydrogen-bond donors (Lipinski definition) is 3. The highest BCUT2D eigenvalue weighted by atomic mass is 35.5. The number of oxime groups is 1. The van der Waals surface area contributed by atoms with E-state index in [2.05, 4.69) is 10.5 Å². The second kappa shape index (κ2) is 6.64. The Morgan fingerprint density at radius 3 is 3.05 bits per heavy atom. The van der Waals surface area contributed by atoms with Gasteiger partial charge in [-0.15, -0.1) is 0 Å². The number of carbonyl (C=O) groups is 1. The van der Waals surface area contributed by atoms with E-state index in [0.717, 1.165) is 5.56 Å². The summed E-state index contributed by atoms with van der Waals surface area (Å²) >= 11 is 6.02. The molecule has 1 saturated heterocycles. The third-order valence-corrected chi connectivity index (χ3v) is 3.63. The molecule has 1 aromatic carbocycles. The number of hydrogen-bond acceptors (Lipinski definition) is 4. The number of anilines is 1. The van der Waals surface area contributed by atoms with Crippen LogP contribution in [0.4, 0.5) is 10.5 Å². The summed E-state index contributed by atoms with van der Waals surface area (Å²) in [6, 6.07) is 5.02. The lowest BCUT2D eigenvalue weighted by molar-refractivity contribution is 0.0223. The van der Waals surface area contributed by atoms with Crippen LogP contribution >= 0.6 is 11.6 Å². The Morgan fingerprint density at radius 2 is 2.38 bits per heavy atom. The predicted octanol–water partition coefficient (Wildman–Crippen LogP) is 1.63. The lowest BCUT2D eigenvalue weighted by Gasteiger charge is -2.32. The van der Waals surface area contributed by atoms with Crippen LogP contribution in [-0.2, 0) is 4.74 Å². The molecule has 0 aliphatic carbocycles. The minimum atomic E-state index is -0.601. The van der Waals surface area contributed by atoms with E-state index < -0.39 is 6.10 Å². The van der Waals surface area contributed by atoms with Crippen LogP contribution in [0.3, 0.4) is 0 Å². The number of amides is 2. The molecule has 2 amide bonds. The van der Waals surface area contributed by atoms with Crippen molar-refractivity contribution in [1.29, 1.82) is 0 Å². The molecule has 8 heteroatoms. The SMILES string of the molecule is Cc1ccc(NC(=O)N2CCOC(C(N)=NO)C2)cc1Cl. The first kappa shape index (κ1) is 15.4. The van der Waals surface area contributed by atoms with Gasteiger partial charge in [-0.2, -0.15) is 0 Å². The Bertz CT molecular complexity index is 564.